The van der Waals surface area contributed by atoms with Gasteiger partial charge in [0.1, 0.15) is 0 Å². The van der Waals surface area contributed by atoms with Gasteiger partial charge in [0.05, 0.1) is 16.6 Å². The van der Waals surface area contributed by atoms with Gasteiger partial charge < -0.3 is 10.6 Å². The number of nitrogens with zero attached hydrogens (tertiary/aromatic N) is 2. The van der Waals surface area contributed by atoms with Crippen LogP contribution in [-0.2, 0) is 16.1 Å². The Labute approximate surface area is 174 Å². The fraction of sp³-hybridized carbons (Fsp3) is 0.350. The predicted molar refractivity (Wildman–Crippen MR) is 110 cm³/mol. The van der Waals surface area contributed by atoms with Crippen molar-refractivity contribution in [3.63, 3.8) is 0 Å². The van der Waals surface area contributed by atoms with Gasteiger partial charge in [0, 0.05) is 30.5 Å². The fourth-order valence-electron chi connectivity index (χ4n) is 3.16. The van der Waals surface area contributed by atoms with Crippen LogP contribution in [0.1, 0.15) is 18.4 Å². The summed E-state index contributed by atoms with van der Waals surface area (Å²) in [4.78, 5) is 30.6. The van der Waals surface area contributed by atoms with Gasteiger partial charge in [-0.3, -0.25) is 19.5 Å². The molecule has 2 amide bonds. The molecule has 1 aliphatic heterocycles. The van der Waals surface area contributed by atoms with Gasteiger partial charge in [-0.25, -0.2) is 0 Å². The molecule has 0 saturated carbocycles. The molecule has 1 fully saturated rings. The zero-order valence-corrected chi connectivity index (χ0v) is 16.8. The Bertz CT molecular complexity index is 824. The van der Waals surface area contributed by atoms with Crippen molar-refractivity contribution >= 4 is 40.7 Å². The standard InChI is InChI=1S/C20H22Cl2N4O2/c21-17-2-1-16(11-18(17)22)25-19(27)13-26-9-5-15(6-10-26)20(28)24-12-14-3-7-23-8-4-14/h1-4,7-8,11,15H,5-6,9-10,12-13H2,(H,24,28)(H,25,27). The lowest BCUT2D eigenvalue weighted by Gasteiger charge is -2.30. The number of amides is 2. The highest BCUT2D eigenvalue weighted by Crippen LogP contribution is 2.25. The van der Waals surface area contributed by atoms with Gasteiger partial charge in [-0.1, -0.05) is 23.2 Å². The monoisotopic (exact) mass is 420 g/mol. The van der Waals surface area contributed by atoms with Crippen LogP contribution in [0.4, 0.5) is 5.69 Å². The molecule has 8 heteroatoms. The number of piperidine rings is 1. The fourth-order valence-corrected chi connectivity index (χ4v) is 3.46. The Morgan fingerprint density at radius 1 is 1.07 bits per heavy atom. The van der Waals surface area contributed by atoms with Gasteiger partial charge in [-0.15, -0.1) is 0 Å². The highest BCUT2D eigenvalue weighted by atomic mass is 35.5. The highest BCUT2D eigenvalue weighted by Gasteiger charge is 2.25. The molecule has 2 aromatic rings. The number of pyridine rings is 1. The van der Waals surface area contributed by atoms with Crippen molar-refractivity contribution in [2.24, 2.45) is 5.92 Å². The molecule has 1 saturated heterocycles. The Morgan fingerprint density at radius 2 is 1.79 bits per heavy atom. The lowest BCUT2D eigenvalue weighted by atomic mass is 9.96. The van der Waals surface area contributed by atoms with Gasteiger partial charge in [0.15, 0.2) is 0 Å². The van der Waals surface area contributed by atoms with E-state index in [1.54, 1.807) is 30.6 Å². The van der Waals surface area contributed by atoms with Crippen LogP contribution in [0.2, 0.25) is 10.0 Å². The molecule has 0 atom stereocenters. The maximum atomic E-state index is 12.4. The average Bonchev–Trinajstić information content (AvgIpc) is 2.70. The van der Waals surface area contributed by atoms with Crippen LogP contribution in [0.25, 0.3) is 0 Å². The van der Waals surface area contributed by atoms with Gasteiger partial charge in [-0.2, -0.15) is 0 Å². The molecule has 28 heavy (non-hydrogen) atoms. The van der Waals surface area contributed by atoms with Crippen molar-refractivity contribution in [1.82, 2.24) is 15.2 Å². The summed E-state index contributed by atoms with van der Waals surface area (Å²) in [5, 5.41) is 6.65. The van der Waals surface area contributed by atoms with E-state index in [1.807, 2.05) is 12.1 Å². The first-order chi connectivity index (χ1) is 13.5. The van der Waals surface area contributed by atoms with Crippen molar-refractivity contribution in [3.8, 4) is 0 Å². The van der Waals surface area contributed by atoms with E-state index in [1.165, 1.54) is 0 Å². The third kappa shape index (κ3) is 5.92. The molecule has 0 bridgehead atoms. The van der Waals surface area contributed by atoms with Crippen LogP contribution in [0, 0.1) is 5.92 Å². The molecule has 1 aromatic heterocycles. The maximum Gasteiger partial charge on any atom is 0.238 e. The molecule has 2 N–H and O–H groups in total. The number of halogens is 2. The van der Waals surface area contributed by atoms with Crippen LogP contribution in [0.15, 0.2) is 42.7 Å². The Kier molecular flexibility index (Phi) is 7.25. The summed E-state index contributed by atoms with van der Waals surface area (Å²) in [5.74, 6) is -0.0630. The van der Waals surface area contributed by atoms with E-state index >= 15 is 0 Å². The first-order valence-electron chi connectivity index (χ1n) is 9.15. The Morgan fingerprint density at radius 3 is 2.46 bits per heavy atom. The summed E-state index contributed by atoms with van der Waals surface area (Å²) in [6, 6.07) is 8.76. The first kappa shape index (κ1) is 20.6. The van der Waals surface area contributed by atoms with E-state index in [0.717, 1.165) is 18.4 Å². The number of benzene rings is 1. The maximum absolute atomic E-state index is 12.4. The van der Waals surface area contributed by atoms with E-state index in [-0.39, 0.29) is 24.3 Å². The van der Waals surface area contributed by atoms with E-state index in [2.05, 4.69) is 20.5 Å². The summed E-state index contributed by atoms with van der Waals surface area (Å²) in [6.45, 7) is 2.21. The molecule has 148 valence electrons. The number of aromatic nitrogens is 1. The number of anilines is 1. The number of rotatable bonds is 6. The predicted octanol–water partition coefficient (Wildman–Crippen LogP) is 3.36. The Balaban J connectivity index is 1.40. The number of likely N-dealkylation sites (tertiary alicyclic amines) is 1. The molecule has 6 nitrogen and oxygen atoms in total. The van der Waals surface area contributed by atoms with E-state index < -0.39 is 0 Å². The van der Waals surface area contributed by atoms with Crippen LogP contribution < -0.4 is 10.6 Å². The molecule has 3 rings (SSSR count). The minimum absolute atomic E-state index is 0.0174. The third-order valence-electron chi connectivity index (χ3n) is 4.75. The summed E-state index contributed by atoms with van der Waals surface area (Å²) < 4.78 is 0. The number of hydrogen-bond donors (Lipinski definition) is 2. The second kappa shape index (κ2) is 9.87. The van der Waals surface area contributed by atoms with Crippen LogP contribution in [-0.4, -0.2) is 41.3 Å². The minimum atomic E-state index is -0.112. The molecule has 0 radical (unpaired) electrons. The molecule has 1 aliphatic rings. The van der Waals surface area contributed by atoms with Crippen LogP contribution in [0.3, 0.4) is 0 Å². The van der Waals surface area contributed by atoms with Crippen molar-refractivity contribution < 1.29 is 9.59 Å². The lowest BCUT2D eigenvalue weighted by Crippen LogP contribution is -2.43. The number of carbonyl (C=O) groups excluding carboxylic acids is 2. The van der Waals surface area contributed by atoms with E-state index in [4.69, 9.17) is 23.2 Å². The topological polar surface area (TPSA) is 74.3 Å². The second-order valence-corrected chi connectivity index (χ2v) is 7.62. The summed E-state index contributed by atoms with van der Waals surface area (Å²) in [7, 11) is 0. The van der Waals surface area contributed by atoms with Gasteiger partial charge >= 0.3 is 0 Å². The van der Waals surface area contributed by atoms with Gasteiger partial charge in [-0.05, 0) is 61.8 Å². The SMILES string of the molecule is O=C(CN1CCC(C(=O)NCc2ccncc2)CC1)Nc1ccc(Cl)c(Cl)c1. The largest absolute Gasteiger partial charge is 0.352 e. The van der Waals surface area contributed by atoms with Crippen molar-refractivity contribution in [2.75, 3.05) is 25.0 Å². The quantitative estimate of drug-likeness (QED) is 0.750. The van der Waals surface area contributed by atoms with E-state index in [9.17, 15) is 9.59 Å². The summed E-state index contributed by atoms with van der Waals surface area (Å²) in [6.07, 6.45) is 4.90. The molecule has 0 spiro atoms. The summed E-state index contributed by atoms with van der Waals surface area (Å²) >= 11 is 11.8. The molecule has 1 aromatic carbocycles. The molecule has 0 aliphatic carbocycles. The summed E-state index contributed by atoms with van der Waals surface area (Å²) in [5.41, 5.74) is 1.64. The van der Waals surface area contributed by atoms with Crippen LogP contribution >= 0.6 is 23.2 Å². The van der Waals surface area contributed by atoms with Crippen LogP contribution in [0.5, 0.6) is 0 Å². The zero-order valence-electron chi connectivity index (χ0n) is 15.3. The molecular formula is C20H22Cl2N4O2. The van der Waals surface area contributed by atoms with Crippen molar-refractivity contribution in [1.29, 1.82) is 0 Å². The van der Waals surface area contributed by atoms with Gasteiger partial charge in [0.25, 0.3) is 0 Å². The Hall–Kier alpha value is -2.15. The van der Waals surface area contributed by atoms with E-state index in [0.29, 0.717) is 35.4 Å². The lowest BCUT2D eigenvalue weighted by molar-refractivity contribution is -0.126. The third-order valence-corrected chi connectivity index (χ3v) is 5.48. The molecular weight excluding hydrogens is 399 g/mol. The van der Waals surface area contributed by atoms with Crippen molar-refractivity contribution in [3.05, 3.63) is 58.3 Å². The zero-order chi connectivity index (χ0) is 19.9. The second-order valence-electron chi connectivity index (χ2n) is 6.80. The number of nitrogens with one attached hydrogen (secondary N) is 2. The molecule has 2 heterocycles. The number of carbonyl (C=O) groups is 2. The first-order valence-corrected chi connectivity index (χ1v) is 9.91. The number of hydrogen-bond acceptors (Lipinski definition) is 4. The molecule has 0 unspecified atom stereocenters. The normalized spacial score (nSPS) is 15.2. The van der Waals surface area contributed by atoms with Crippen molar-refractivity contribution in [2.45, 2.75) is 19.4 Å². The highest BCUT2D eigenvalue weighted by molar-refractivity contribution is 6.42. The average molecular weight is 421 g/mol. The minimum Gasteiger partial charge on any atom is -0.352 e. The van der Waals surface area contributed by atoms with Gasteiger partial charge in [0.2, 0.25) is 11.8 Å². The smallest absolute Gasteiger partial charge is 0.238 e.